The van der Waals surface area contributed by atoms with E-state index in [1.54, 1.807) is 0 Å². The zero-order valence-electron chi connectivity index (χ0n) is 12.8. The van der Waals surface area contributed by atoms with E-state index in [2.05, 4.69) is 33.1 Å². The summed E-state index contributed by atoms with van der Waals surface area (Å²) in [6.45, 7) is 0. The molecule has 0 radical (unpaired) electrons. The fourth-order valence-electron chi connectivity index (χ4n) is 2.18. The number of hydrazone groups is 1. The van der Waals surface area contributed by atoms with Crippen LogP contribution in [0.4, 0.5) is 0 Å². The third kappa shape index (κ3) is 4.55. The molecule has 0 saturated carbocycles. The van der Waals surface area contributed by atoms with Gasteiger partial charge in [0.05, 0.1) is 12.6 Å². The van der Waals surface area contributed by atoms with Crippen LogP contribution in [0.2, 0.25) is 0 Å². The molecule has 3 rings (SSSR count). The van der Waals surface area contributed by atoms with E-state index in [9.17, 15) is 4.79 Å². The van der Waals surface area contributed by atoms with Gasteiger partial charge in [0.2, 0.25) is 5.91 Å². The van der Waals surface area contributed by atoms with Crippen LogP contribution in [0, 0.1) is 3.57 Å². The minimum absolute atomic E-state index is 0.165. The van der Waals surface area contributed by atoms with Crippen LogP contribution in [0.3, 0.4) is 0 Å². The van der Waals surface area contributed by atoms with Gasteiger partial charge < -0.3 is 4.42 Å². The molecule has 1 N–H and O–H groups in total. The van der Waals surface area contributed by atoms with Crippen molar-refractivity contribution in [2.45, 2.75) is 6.42 Å². The van der Waals surface area contributed by atoms with Crippen molar-refractivity contribution in [2.75, 3.05) is 0 Å². The summed E-state index contributed by atoms with van der Waals surface area (Å²) in [5, 5.41) is 3.94. The van der Waals surface area contributed by atoms with Crippen molar-refractivity contribution in [2.24, 2.45) is 5.10 Å². The average Bonchev–Trinajstić information content (AvgIpc) is 3.05. The molecule has 0 aliphatic rings. The summed E-state index contributed by atoms with van der Waals surface area (Å²) in [5.41, 5.74) is 4.46. The first-order chi connectivity index (χ1) is 11.7. The molecule has 1 amide bonds. The molecule has 0 bridgehead atoms. The van der Waals surface area contributed by atoms with Gasteiger partial charge in [-0.25, -0.2) is 5.43 Å². The lowest BCUT2D eigenvalue weighted by atomic mass is 10.1. The highest BCUT2D eigenvalue weighted by Crippen LogP contribution is 2.22. The second-order valence-corrected chi connectivity index (χ2v) is 6.41. The number of halogens is 1. The van der Waals surface area contributed by atoms with E-state index in [-0.39, 0.29) is 5.91 Å². The van der Waals surface area contributed by atoms with Crippen LogP contribution in [0.1, 0.15) is 11.3 Å². The largest absolute Gasteiger partial charge is 0.455 e. The smallest absolute Gasteiger partial charge is 0.244 e. The molecule has 120 valence electrons. The van der Waals surface area contributed by atoms with Gasteiger partial charge in [-0.1, -0.05) is 42.5 Å². The summed E-state index contributed by atoms with van der Waals surface area (Å²) in [7, 11) is 0. The number of rotatable bonds is 5. The first kappa shape index (κ1) is 16.4. The highest BCUT2D eigenvalue weighted by Gasteiger charge is 2.04. The van der Waals surface area contributed by atoms with E-state index >= 15 is 0 Å². The van der Waals surface area contributed by atoms with Crippen molar-refractivity contribution >= 4 is 34.7 Å². The molecule has 4 nitrogen and oxygen atoms in total. The van der Waals surface area contributed by atoms with E-state index in [0.29, 0.717) is 12.2 Å². The van der Waals surface area contributed by atoms with Gasteiger partial charge in [-0.2, -0.15) is 5.10 Å². The monoisotopic (exact) mass is 430 g/mol. The molecule has 0 saturated heterocycles. The number of hydrogen-bond donors (Lipinski definition) is 1. The first-order valence-corrected chi connectivity index (χ1v) is 8.50. The van der Waals surface area contributed by atoms with E-state index in [0.717, 1.165) is 16.9 Å². The van der Waals surface area contributed by atoms with Crippen molar-refractivity contribution in [3.63, 3.8) is 0 Å². The second-order valence-electron chi connectivity index (χ2n) is 5.16. The fourth-order valence-corrected chi connectivity index (χ4v) is 2.54. The second kappa shape index (κ2) is 7.92. The van der Waals surface area contributed by atoms with Gasteiger partial charge >= 0.3 is 0 Å². The van der Waals surface area contributed by atoms with E-state index in [4.69, 9.17) is 4.42 Å². The average molecular weight is 430 g/mol. The topological polar surface area (TPSA) is 54.6 Å². The zero-order valence-corrected chi connectivity index (χ0v) is 14.9. The number of hydrogen-bond acceptors (Lipinski definition) is 3. The molecule has 0 spiro atoms. The van der Waals surface area contributed by atoms with E-state index < -0.39 is 0 Å². The lowest BCUT2D eigenvalue weighted by molar-refractivity contribution is -0.120. The fraction of sp³-hybridized carbons (Fsp3) is 0.0526. The highest BCUT2D eigenvalue weighted by atomic mass is 127. The SMILES string of the molecule is O=C(Cc1ccccc1)N/N=C/c1ccc(-c2ccc(I)cc2)o1. The Balaban J connectivity index is 1.57. The zero-order chi connectivity index (χ0) is 16.8. The van der Waals surface area contributed by atoms with Crippen LogP contribution in [0.25, 0.3) is 11.3 Å². The van der Waals surface area contributed by atoms with Gasteiger partial charge in [0.1, 0.15) is 11.5 Å². The van der Waals surface area contributed by atoms with E-state index in [1.165, 1.54) is 9.78 Å². The Morgan fingerprint density at radius 2 is 1.79 bits per heavy atom. The summed E-state index contributed by atoms with van der Waals surface area (Å²) in [6.07, 6.45) is 1.79. The number of carbonyl (C=O) groups excluding carboxylic acids is 1. The van der Waals surface area contributed by atoms with Crippen LogP contribution >= 0.6 is 22.6 Å². The maximum atomic E-state index is 11.8. The molecule has 0 aliphatic heterocycles. The van der Waals surface area contributed by atoms with Gasteiger partial charge in [0, 0.05) is 9.13 Å². The Morgan fingerprint density at radius 3 is 2.54 bits per heavy atom. The molecule has 2 aromatic carbocycles. The number of nitrogens with one attached hydrogen (secondary N) is 1. The molecular weight excluding hydrogens is 415 g/mol. The molecule has 1 heterocycles. The summed E-state index contributed by atoms with van der Waals surface area (Å²) in [4.78, 5) is 11.8. The number of furan rings is 1. The molecule has 0 unspecified atom stereocenters. The van der Waals surface area contributed by atoms with Crippen molar-refractivity contribution in [3.05, 3.63) is 81.6 Å². The molecule has 1 aromatic heterocycles. The van der Waals surface area contributed by atoms with Gasteiger partial charge in [0.25, 0.3) is 0 Å². The maximum absolute atomic E-state index is 11.8. The van der Waals surface area contributed by atoms with Crippen molar-refractivity contribution < 1.29 is 9.21 Å². The molecular formula is C19H15IN2O2. The van der Waals surface area contributed by atoms with Crippen LogP contribution in [0.5, 0.6) is 0 Å². The number of amides is 1. The van der Waals surface area contributed by atoms with Gasteiger partial charge in [0.15, 0.2) is 0 Å². The van der Waals surface area contributed by atoms with Crippen molar-refractivity contribution in [1.29, 1.82) is 0 Å². The Kier molecular flexibility index (Phi) is 5.43. The number of nitrogens with zero attached hydrogens (tertiary/aromatic N) is 1. The molecule has 5 heteroatoms. The lowest BCUT2D eigenvalue weighted by Gasteiger charge is -1.99. The third-order valence-electron chi connectivity index (χ3n) is 3.34. The Morgan fingerprint density at radius 1 is 1.04 bits per heavy atom. The van der Waals surface area contributed by atoms with Crippen LogP contribution in [-0.2, 0) is 11.2 Å². The maximum Gasteiger partial charge on any atom is 0.244 e. The quantitative estimate of drug-likeness (QED) is 0.374. The van der Waals surface area contributed by atoms with Gasteiger partial charge in [-0.15, -0.1) is 0 Å². The van der Waals surface area contributed by atoms with Gasteiger partial charge in [-0.3, -0.25) is 4.79 Å². The van der Waals surface area contributed by atoms with Crippen LogP contribution in [-0.4, -0.2) is 12.1 Å². The lowest BCUT2D eigenvalue weighted by Crippen LogP contribution is -2.19. The summed E-state index contributed by atoms with van der Waals surface area (Å²) in [6, 6.07) is 21.3. The predicted molar refractivity (Wildman–Crippen MR) is 103 cm³/mol. The minimum Gasteiger partial charge on any atom is -0.455 e. The number of benzene rings is 2. The predicted octanol–water partition coefficient (Wildman–Crippen LogP) is 4.24. The van der Waals surface area contributed by atoms with Crippen LogP contribution in [0.15, 0.2) is 76.2 Å². The molecule has 0 aliphatic carbocycles. The standard InChI is InChI=1S/C19H15IN2O2/c20-16-8-6-15(7-9-16)18-11-10-17(24-18)13-21-22-19(23)12-14-4-2-1-3-5-14/h1-11,13H,12H2,(H,22,23)/b21-13+. The Hall–Kier alpha value is -2.41. The van der Waals surface area contributed by atoms with Crippen LogP contribution < -0.4 is 5.43 Å². The van der Waals surface area contributed by atoms with Gasteiger partial charge in [-0.05, 0) is 52.4 Å². The van der Waals surface area contributed by atoms with Crippen molar-refractivity contribution in [1.82, 2.24) is 5.43 Å². The minimum atomic E-state index is -0.165. The molecule has 0 fully saturated rings. The Labute approximate surface area is 153 Å². The molecule has 24 heavy (non-hydrogen) atoms. The molecule has 3 aromatic rings. The third-order valence-corrected chi connectivity index (χ3v) is 4.06. The molecule has 0 atom stereocenters. The number of carbonyl (C=O) groups is 1. The highest BCUT2D eigenvalue weighted by molar-refractivity contribution is 14.1. The Bertz CT molecular complexity index is 839. The summed E-state index contributed by atoms with van der Waals surface area (Å²) in [5.74, 6) is 1.19. The van der Waals surface area contributed by atoms with E-state index in [1.807, 2.05) is 66.7 Å². The normalized spacial score (nSPS) is 10.9. The first-order valence-electron chi connectivity index (χ1n) is 7.42. The summed E-state index contributed by atoms with van der Waals surface area (Å²) >= 11 is 2.26. The van der Waals surface area contributed by atoms with Crippen molar-refractivity contribution in [3.8, 4) is 11.3 Å². The summed E-state index contributed by atoms with van der Waals surface area (Å²) < 4.78 is 6.88.